The van der Waals surface area contributed by atoms with Gasteiger partial charge in [0, 0.05) is 37.7 Å². The number of aryl methyl sites for hydroxylation is 1. The predicted octanol–water partition coefficient (Wildman–Crippen LogP) is 0.804. The zero-order valence-electron chi connectivity index (χ0n) is 10.2. The summed E-state index contributed by atoms with van der Waals surface area (Å²) in [4.78, 5) is 31.7. The maximum Gasteiger partial charge on any atom is 0.251 e. The van der Waals surface area contributed by atoms with Crippen LogP contribution in [0, 0.1) is 6.92 Å². The summed E-state index contributed by atoms with van der Waals surface area (Å²) in [5, 5.41) is 0. The van der Waals surface area contributed by atoms with E-state index in [4.69, 9.17) is 0 Å². The van der Waals surface area contributed by atoms with Gasteiger partial charge in [0.2, 0.25) is 5.91 Å². The molecule has 0 aromatic carbocycles. The lowest BCUT2D eigenvalue weighted by atomic mass is 9.97. The van der Waals surface area contributed by atoms with E-state index in [0.717, 1.165) is 25.1 Å². The molecule has 1 aliphatic rings. The van der Waals surface area contributed by atoms with Crippen LogP contribution in [-0.4, -0.2) is 33.9 Å². The van der Waals surface area contributed by atoms with Crippen LogP contribution in [0.5, 0.6) is 0 Å². The van der Waals surface area contributed by atoms with E-state index in [0.29, 0.717) is 12.4 Å². The highest BCUT2D eigenvalue weighted by molar-refractivity contribution is 5.73. The van der Waals surface area contributed by atoms with Crippen molar-refractivity contribution < 1.29 is 4.79 Å². The number of rotatable bonds is 1. The summed E-state index contributed by atoms with van der Waals surface area (Å²) in [5.74, 6) is 0.950. The van der Waals surface area contributed by atoms with Crippen LogP contribution in [0.2, 0.25) is 0 Å². The van der Waals surface area contributed by atoms with E-state index < -0.39 is 0 Å². The summed E-state index contributed by atoms with van der Waals surface area (Å²) in [7, 11) is 0. The molecule has 1 fully saturated rings. The quantitative estimate of drug-likeness (QED) is 0.783. The molecule has 2 heterocycles. The first kappa shape index (κ1) is 11.8. The fourth-order valence-electron chi connectivity index (χ4n) is 2.28. The van der Waals surface area contributed by atoms with Crippen molar-refractivity contribution in [2.45, 2.75) is 32.6 Å². The van der Waals surface area contributed by atoms with Gasteiger partial charge in [-0.3, -0.25) is 9.59 Å². The molecule has 2 rings (SSSR count). The first-order valence-corrected chi connectivity index (χ1v) is 5.89. The van der Waals surface area contributed by atoms with Crippen molar-refractivity contribution in [3.05, 3.63) is 27.9 Å². The standard InChI is InChI=1S/C12H17N3O2/c1-8-6-11(17)14-12(13-8)10-4-3-5-15(7-10)9(2)16/h6,10H,3-5,7H2,1-2H3,(H,13,14,17)/t10-/m0/s1. The molecular formula is C12H17N3O2. The van der Waals surface area contributed by atoms with E-state index in [1.54, 1.807) is 6.92 Å². The van der Waals surface area contributed by atoms with E-state index in [1.165, 1.54) is 6.07 Å². The zero-order chi connectivity index (χ0) is 12.4. The van der Waals surface area contributed by atoms with E-state index >= 15 is 0 Å². The highest BCUT2D eigenvalue weighted by Gasteiger charge is 2.24. The van der Waals surface area contributed by atoms with Crippen LogP contribution in [0.25, 0.3) is 0 Å². The molecule has 0 aliphatic carbocycles. The summed E-state index contributed by atoms with van der Waals surface area (Å²) in [6.45, 7) is 4.85. The summed E-state index contributed by atoms with van der Waals surface area (Å²) < 4.78 is 0. The molecule has 1 N–H and O–H groups in total. The lowest BCUT2D eigenvalue weighted by molar-refractivity contribution is -0.130. The van der Waals surface area contributed by atoms with Gasteiger partial charge in [-0.25, -0.2) is 4.98 Å². The van der Waals surface area contributed by atoms with Gasteiger partial charge >= 0.3 is 0 Å². The molecule has 92 valence electrons. The van der Waals surface area contributed by atoms with Gasteiger partial charge in [0.05, 0.1) is 0 Å². The Hall–Kier alpha value is -1.65. The highest BCUT2D eigenvalue weighted by Crippen LogP contribution is 2.23. The highest BCUT2D eigenvalue weighted by atomic mass is 16.2. The Morgan fingerprint density at radius 3 is 3.00 bits per heavy atom. The fraction of sp³-hybridized carbons (Fsp3) is 0.583. The summed E-state index contributed by atoms with van der Waals surface area (Å²) in [6, 6.07) is 1.48. The van der Waals surface area contributed by atoms with Gasteiger partial charge in [0.25, 0.3) is 5.56 Å². The van der Waals surface area contributed by atoms with E-state index in [9.17, 15) is 9.59 Å². The van der Waals surface area contributed by atoms with Crippen molar-refractivity contribution in [2.75, 3.05) is 13.1 Å². The minimum Gasteiger partial charge on any atom is -0.342 e. The summed E-state index contributed by atoms with van der Waals surface area (Å²) in [5.41, 5.74) is 0.608. The topological polar surface area (TPSA) is 66.1 Å². The Labute approximate surface area is 99.9 Å². The molecule has 0 bridgehead atoms. The lowest BCUT2D eigenvalue weighted by Gasteiger charge is -2.31. The predicted molar refractivity (Wildman–Crippen MR) is 63.8 cm³/mol. The number of likely N-dealkylation sites (tertiary alicyclic amines) is 1. The van der Waals surface area contributed by atoms with Crippen molar-refractivity contribution in [2.24, 2.45) is 0 Å². The molecule has 1 aromatic rings. The molecule has 0 radical (unpaired) electrons. The number of carbonyl (C=O) groups excluding carboxylic acids is 1. The number of nitrogens with one attached hydrogen (secondary N) is 1. The second-order valence-corrected chi connectivity index (χ2v) is 4.58. The third-order valence-electron chi connectivity index (χ3n) is 3.14. The van der Waals surface area contributed by atoms with Crippen LogP contribution in [0.3, 0.4) is 0 Å². The zero-order valence-corrected chi connectivity index (χ0v) is 10.2. The molecule has 0 spiro atoms. The van der Waals surface area contributed by atoms with Gasteiger partial charge in [-0.15, -0.1) is 0 Å². The normalized spacial score (nSPS) is 20.4. The molecule has 0 saturated carbocycles. The number of aromatic nitrogens is 2. The van der Waals surface area contributed by atoms with Crippen molar-refractivity contribution in [1.82, 2.24) is 14.9 Å². The third kappa shape index (κ3) is 2.72. The molecule has 1 aliphatic heterocycles. The Balaban J connectivity index is 2.21. The first-order valence-electron chi connectivity index (χ1n) is 5.89. The largest absolute Gasteiger partial charge is 0.342 e. The molecule has 1 atom stereocenters. The minimum absolute atomic E-state index is 0.0877. The van der Waals surface area contributed by atoms with Gasteiger partial charge in [-0.2, -0.15) is 0 Å². The number of hydrogen-bond donors (Lipinski definition) is 1. The maximum absolute atomic E-state index is 11.4. The van der Waals surface area contributed by atoms with Gasteiger partial charge in [-0.05, 0) is 19.8 Å². The van der Waals surface area contributed by atoms with Crippen LogP contribution < -0.4 is 5.56 Å². The van der Waals surface area contributed by atoms with E-state index in [1.807, 2.05) is 11.8 Å². The Bertz CT molecular complexity index is 481. The molecule has 1 saturated heterocycles. The van der Waals surface area contributed by atoms with Crippen molar-refractivity contribution in [1.29, 1.82) is 0 Å². The average Bonchev–Trinajstić information content (AvgIpc) is 2.28. The van der Waals surface area contributed by atoms with Crippen molar-refractivity contribution in [3.8, 4) is 0 Å². The number of hydrogen-bond acceptors (Lipinski definition) is 3. The van der Waals surface area contributed by atoms with Crippen LogP contribution in [0.4, 0.5) is 0 Å². The van der Waals surface area contributed by atoms with Crippen LogP contribution in [-0.2, 0) is 4.79 Å². The second kappa shape index (κ2) is 4.69. The van der Waals surface area contributed by atoms with E-state index in [2.05, 4.69) is 9.97 Å². The van der Waals surface area contributed by atoms with Crippen LogP contribution in [0.15, 0.2) is 10.9 Å². The number of H-pyrrole nitrogens is 1. The smallest absolute Gasteiger partial charge is 0.251 e. The van der Waals surface area contributed by atoms with Gasteiger partial charge in [0.1, 0.15) is 5.82 Å². The van der Waals surface area contributed by atoms with Crippen LogP contribution in [0.1, 0.15) is 37.2 Å². The van der Waals surface area contributed by atoms with Gasteiger partial charge in [0.15, 0.2) is 0 Å². The Kier molecular flexibility index (Phi) is 3.26. The number of piperidine rings is 1. The van der Waals surface area contributed by atoms with Gasteiger partial charge in [-0.1, -0.05) is 0 Å². The minimum atomic E-state index is -0.118. The van der Waals surface area contributed by atoms with Crippen LogP contribution >= 0.6 is 0 Å². The van der Waals surface area contributed by atoms with Gasteiger partial charge < -0.3 is 9.88 Å². The van der Waals surface area contributed by atoms with Crippen molar-refractivity contribution in [3.63, 3.8) is 0 Å². The van der Waals surface area contributed by atoms with E-state index in [-0.39, 0.29) is 17.4 Å². The third-order valence-corrected chi connectivity index (χ3v) is 3.14. The summed E-state index contributed by atoms with van der Waals surface area (Å²) >= 11 is 0. The average molecular weight is 235 g/mol. The molecule has 5 nitrogen and oxygen atoms in total. The number of carbonyl (C=O) groups is 1. The first-order chi connectivity index (χ1) is 8.06. The lowest BCUT2D eigenvalue weighted by Crippen LogP contribution is -2.38. The van der Waals surface area contributed by atoms with Crippen molar-refractivity contribution >= 4 is 5.91 Å². The Morgan fingerprint density at radius 1 is 1.59 bits per heavy atom. The molecule has 1 aromatic heterocycles. The number of amides is 1. The molecule has 5 heteroatoms. The maximum atomic E-state index is 11.4. The summed E-state index contributed by atoms with van der Waals surface area (Å²) in [6.07, 6.45) is 1.93. The Morgan fingerprint density at radius 2 is 2.35 bits per heavy atom. The molecule has 1 amide bonds. The fourth-order valence-corrected chi connectivity index (χ4v) is 2.28. The monoisotopic (exact) mass is 235 g/mol. The number of nitrogens with zero attached hydrogens (tertiary/aromatic N) is 2. The number of aromatic amines is 1. The molecule has 0 unspecified atom stereocenters. The second-order valence-electron chi connectivity index (χ2n) is 4.58. The molecule has 17 heavy (non-hydrogen) atoms. The molecular weight excluding hydrogens is 218 g/mol. The SMILES string of the molecule is CC(=O)N1CCC[C@H](c2nc(C)cc(=O)[nH]2)C1.